The third-order valence-corrected chi connectivity index (χ3v) is 6.17. The Morgan fingerprint density at radius 2 is 1.72 bits per heavy atom. The van der Waals surface area contributed by atoms with Crippen molar-refractivity contribution >= 4 is 0 Å². The van der Waals surface area contributed by atoms with Gasteiger partial charge in [-0.3, -0.25) is 0 Å². The number of nitrogens with zero attached hydrogens (tertiary/aromatic N) is 1. The summed E-state index contributed by atoms with van der Waals surface area (Å²) in [5, 5.41) is 21.3. The maximum absolute atomic E-state index is 10.7. The lowest BCUT2D eigenvalue weighted by Crippen LogP contribution is -2.51. The molecule has 2 aromatic carbocycles. The van der Waals surface area contributed by atoms with E-state index in [4.69, 9.17) is 14.2 Å². The maximum Gasteiger partial charge on any atom is 0.129 e. The van der Waals surface area contributed by atoms with E-state index in [1.807, 2.05) is 42.5 Å². The number of hydrogen-bond donors (Lipinski definition) is 2. The molecular weight excluding hydrogens is 370 g/mol. The highest BCUT2D eigenvalue weighted by molar-refractivity contribution is 5.44. The number of β-amino-alcohol motifs (C(OH)–C–C–N with tert-alkyl or cyclic N) is 1. The van der Waals surface area contributed by atoms with Gasteiger partial charge in [0.05, 0.1) is 26.4 Å². The number of hydrogen-bond acceptors (Lipinski definition) is 6. The monoisotopic (exact) mass is 399 g/mol. The number of methoxy groups -OCH3 is 2. The fourth-order valence-electron chi connectivity index (χ4n) is 4.37. The first kappa shape index (κ1) is 20.0. The van der Waals surface area contributed by atoms with Crippen LogP contribution in [0, 0.1) is 0 Å². The van der Waals surface area contributed by atoms with E-state index < -0.39 is 12.2 Å². The molecule has 0 aromatic heterocycles. The predicted octanol–water partition coefficient (Wildman–Crippen LogP) is 3.09. The molecule has 2 N–H and O–H groups in total. The van der Waals surface area contributed by atoms with Crippen LogP contribution < -0.4 is 14.2 Å². The summed E-state index contributed by atoms with van der Waals surface area (Å²) in [6.45, 7) is 2.22. The molecule has 0 aliphatic carbocycles. The van der Waals surface area contributed by atoms with Gasteiger partial charge in [0.25, 0.3) is 0 Å². The molecule has 6 nitrogen and oxygen atoms in total. The molecule has 4 rings (SSSR count). The summed E-state index contributed by atoms with van der Waals surface area (Å²) in [6.07, 6.45) is 1.16. The summed E-state index contributed by atoms with van der Waals surface area (Å²) in [7, 11) is 3.26. The fraction of sp³-hybridized carbons (Fsp3) is 0.478. The Labute approximate surface area is 171 Å². The number of aliphatic hydroxyl groups excluding tert-OH is 2. The van der Waals surface area contributed by atoms with Crippen LogP contribution >= 0.6 is 0 Å². The Hall–Kier alpha value is -2.28. The molecule has 1 saturated heterocycles. The van der Waals surface area contributed by atoms with Crippen molar-refractivity contribution in [3.63, 3.8) is 0 Å². The first-order chi connectivity index (χ1) is 14.0. The van der Waals surface area contributed by atoms with Crippen LogP contribution in [-0.2, 0) is 0 Å². The lowest BCUT2D eigenvalue weighted by molar-refractivity contribution is -0.0588. The molecule has 2 atom stereocenters. The minimum Gasteiger partial charge on any atom is -0.497 e. The molecule has 29 heavy (non-hydrogen) atoms. The molecule has 0 radical (unpaired) electrons. The molecule has 0 unspecified atom stereocenters. The molecule has 156 valence electrons. The zero-order valence-electron chi connectivity index (χ0n) is 17.0. The van der Waals surface area contributed by atoms with Crippen LogP contribution in [0.1, 0.15) is 42.6 Å². The number of ether oxygens (including phenoxy) is 3. The van der Waals surface area contributed by atoms with Gasteiger partial charge in [-0.25, -0.2) is 0 Å². The Morgan fingerprint density at radius 3 is 2.38 bits per heavy atom. The fourth-order valence-corrected chi connectivity index (χ4v) is 4.37. The number of aliphatic hydroxyl groups is 2. The number of likely N-dealkylation sites (tertiary alicyclic amines) is 1. The molecule has 1 fully saturated rings. The second-order valence-corrected chi connectivity index (χ2v) is 8.00. The van der Waals surface area contributed by atoms with Crippen molar-refractivity contribution < 1.29 is 24.4 Å². The number of rotatable bonds is 5. The Kier molecular flexibility index (Phi) is 5.67. The third kappa shape index (κ3) is 4.20. The molecule has 0 bridgehead atoms. The lowest BCUT2D eigenvalue weighted by atomic mass is 9.81. The average Bonchev–Trinajstić information content (AvgIpc) is 2.75. The van der Waals surface area contributed by atoms with Crippen LogP contribution in [0.15, 0.2) is 42.5 Å². The molecule has 2 aliphatic rings. The van der Waals surface area contributed by atoms with Gasteiger partial charge < -0.3 is 29.3 Å². The number of fused-ring (bicyclic) bond motifs is 1. The van der Waals surface area contributed by atoms with Crippen molar-refractivity contribution in [1.82, 2.24) is 4.90 Å². The summed E-state index contributed by atoms with van der Waals surface area (Å²) in [4.78, 5) is 2.26. The second kappa shape index (κ2) is 8.22. The molecular formula is C23H29NO5. The van der Waals surface area contributed by atoms with Gasteiger partial charge in [0.2, 0.25) is 0 Å². The summed E-state index contributed by atoms with van der Waals surface area (Å²) in [5.74, 6) is 2.23. The van der Waals surface area contributed by atoms with E-state index in [1.54, 1.807) is 14.2 Å². The third-order valence-electron chi connectivity index (χ3n) is 6.17. The van der Waals surface area contributed by atoms with Crippen LogP contribution in [0.5, 0.6) is 17.2 Å². The highest BCUT2D eigenvalue weighted by Crippen LogP contribution is 2.45. The number of benzene rings is 2. The first-order valence-corrected chi connectivity index (χ1v) is 10.1. The van der Waals surface area contributed by atoms with Crippen molar-refractivity contribution in [1.29, 1.82) is 0 Å². The van der Waals surface area contributed by atoms with E-state index in [2.05, 4.69) is 4.90 Å². The summed E-state index contributed by atoms with van der Waals surface area (Å²) in [6, 6.07) is 13.1. The minimum atomic E-state index is -0.544. The van der Waals surface area contributed by atoms with Crippen molar-refractivity contribution in [3.8, 4) is 17.2 Å². The summed E-state index contributed by atoms with van der Waals surface area (Å²) in [5.41, 5.74) is 1.35. The normalized spacial score (nSPS) is 21.9. The lowest BCUT2D eigenvalue weighted by Gasteiger charge is -2.46. The second-order valence-electron chi connectivity index (χ2n) is 8.00. The standard InChI is InChI=1S/C23H29NO5/c1-27-17-5-3-16(4-6-17)21(26)15-24-11-9-23(10-12-24)14-20(25)19-8-7-18(28-2)13-22(19)29-23/h3-8,13,20-21,25-26H,9-12,14-15H2,1-2H3/t20-,21+/m0/s1. The van der Waals surface area contributed by atoms with Crippen molar-refractivity contribution in [3.05, 3.63) is 53.6 Å². The minimum absolute atomic E-state index is 0.361. The summed E-state index contributed by atoms with van der Waals surface area (Å²) >= 11 is 0. The average molecular weight is 399 g/mol. The van der Waals surface area contributed by atoms with Gasteiger partial charge in [0.15, 0.2) is 0 Å². The number of piperidine rings is 1. The molecule has 6 heteroatoms. The SMILES string of the molecule is COc1ccc([C@H](O)CN2CCC3(CC2)C[C@H](O)c2ccc(OC)cc2O3)cc1. The zero-order valence-corrected chi connectivity index (χ0v) is 17.0. The van der Waals surface area contributed by atoms with Crippen LogP contribution in [0.25, 0.3) is 0 Å². The molecule has 0 saturated carbocycles. The van der Waals surface area contributed by atoms with Gasteiger partial charge in [-0.1, -0.05) is 12.1 Å². The smallest absolute Gasteiger partial charge is 0.129 e. The maximum atomic E-state index is 10.7. The molecule has 1 spiro atoms. The highest BCUT2D eigenvalue weighted by Gasteiger charge is 2.43. The first-order valence-electron chi connectivity index (χ1n) is 10.1. The Bertz CT molecular complexity index is 830. The Balaban J connectivity index is 1.38. The van der Waals surface area contributed by atoms with Gasteiger partial charge in [0.1, 0.15) is 22.8 Å². The van der Waals surface area contributed by atoms with Gasteiger partial charge in [-0.05, 0) is 42.7 Å². The van der Waals surface area contributed by atoms with E-state index in [0.29, 0.717) is 13.0 Å². The van der Waals surface area contributed by atoms with Gasteiger partial charge in [-0.2, -0.15) is 0 Å². The molecule has 2 heterocycles. The highest BCUT2D eigenvalue weighted by atomic mass is 16.5. The van der Waals surface area contributed by atoms with Crippen LogP contribution in [0.2, 0.25) is 0 Å². The van der Waals surface area contributed by atoms with E-state index >= 15 is 0 Å². The topological polar surface area (TPSA) is 71.4 Å². The van der Waals surface area contributed by atoms with E-state index in [1.165, 1.54) is 0 Å². The van der Waals surface area contributed by atoms with Gasteiger partial charge >= 0.3 is 0 Å². The predicted molar refractivity (Wildman–Crippen MR) is 110 cm³/mol. The van der Waals surface area contributed by atoms with Gasteiger partial charge in [0, 0.05) is 37.7 Å². The van der Waals surface area contributed by atoms with E-state index in [-0.39, 0.29) is 5.60 Å². The molecule has 0 amide bonds. The zero-order chi connectivity index (χ0) is 20.4. The van der Waals surface area contributed by atoms with Crippen LogP contribution in [0.3, 0.4) is 0 Å². The quantitative estimate of drug-likeness (QED) is 0.805. The van der Waals surface area contributed by atoms with E-state index in [0.717, 1.165) is 54.3 Å². The van der Waals surface area contributed by atoms with Gasteiger partial charge in [-0.15, -0.1) is 0 Å². The Morgan fingerprint density at radius 1 is 1.07 bits per heavy atom. The molecule has 2 aromatic rings. The van der Waals surface area contributed by atoms with Crippen molar-refractivity contribution in [2.75, 3.05) is 33.9 Å². The van der Waals surface area contributed by atoms with Crippen LogP contribution in [0.4, 0.5) is 0 Å². The largest absolute Gasteiger partial charge is 0.497 e. The van der Waals surface area contributed by atoms with E-state index in [9.17, 15) is 10.2 Å². The van der Waals surface area contributed by atoms with Crippen molar-refractivity contribution in [2.45, 2.75) is 37.1 Å². The summed E-state index contributed by atoms with van der Waals surface area (Å²) < 4.78 is 16.9. The van der Waals surface area contributed by atoms with Crippen LogP contribution in [-0.4, -0.2) is 54.6 Å². The van der Waals surface area contributed by atoms with Crippen molar-refractivity contribution in [2.24, 2.45) is 0 Å². The molecule has 2 aliphatic heterocycles.